The molecule has 5 aliphatic rings. The van der Waals surface area contributed by atoms with Gasteiger partial charge in [0.05, 0.1) is 31.3 Å². The molecule has 4 fully saturated rings. The number of nitriles is 1. The van der Waals surface area contributed by atoms with Crippen molar-refractivity contribution in [3.05, 3.63) is 11.6 Å². The summed E-state index contributed by atoms with van der Waals surface area (Å²) in [7, 11) is 0. The number of fused-ring (bicyclic) bond motifs is 5. The van der Waals surface area contributed by atoms with Crippen molar-refractivity contribution in [2.45, 2.75) is 77.6 Å². The third-order valence-corrected chi connectivity index (χ3v) is 9.68. The van der Waals surface area contributed by atoms with Crippen LogP contribution >= 0.6 is 0 Å². The van der Waals surface area contributed by atoms with Crippen molar-refractivity contribution in [2.75, 3.05) is 13.2 Å². The Balaban J connectivity index is 1.53. The van der Waals surface area contributed by atoms with E-state index in [1.165, 1.54) is 12.0 Å². The minimum Gasteiger partial charge on any atom is -0.393 e. The lowest BCUT2D eigenvalue weighted by Gasteiger charge is -2.58. The molecule has 0 bridgehead atoms. The Morgan fingerprint density at radius 2 is 1.93 bits per heavy atom. The first-order valence-corrected chi connectivity index (χ1v) is 11.4. The molecule has 28 heavy (non-hydrogen) atoms. The van der Waals surface area contributed by atoms with Gasteiger partial charge in [-0.1, -0.05) is 25.5 Å². The third kappa shape index (κ3) is 2.39. The zero-order valence-electron chi connectivity index (χ0n) is 17.6. The number of allylic oxidation sites excluding steroid dienone is 1. The molecule has 0 aromatic rings. The second-order valence-corrected chi connectivity index (χ2v) is 10.8. The molecule has 4 aliphatic carbocycles. The third-order valence-electron chi connectivity index (χ3n) is 9.68. The average Bonchev–Trinajstić information content (AvgIpc) is 3.23. The van der Waals surface area contributed by atoms with E-state index in [2.05, 4.69) is 32.9 Å². The molecule has 0 amide bonds. The van der Waals surface area contributed by atoms with E-state index in [-0.39, 0.29) is 28.8 Å². The molecule has 1 aliphatic heterocycles. The van der Waals surface area contributed by atoms with Gasteiger partial charge in [-0.3, -0.25) is 0 Å². The van der Waals surface area contributed by atoms with Crippen molar-refractivity contribution in [3.8, 4) is 6.07 Å². The average molecular weight is 386 g/mol. The molecule has 0 aromatic carbocycles. The van der Waals surface area contributed by atoms with E-state index >= 15 is 0 Å². The summed E-state index contributed by atoms with van der Waals surface area (Å²) in [4.78, 5) is 0. The molecule has 3 unspecified atom stereocenters. The fraction of sp³-hybridized carbons (Fsp3) is 0.875. The van der Waals surface area contributed by atoms with Crippen LogP contribution in [0.3, 0.4) is 0 Å². The summed E-state index contributed by atoms with van der Waals surface area (Å²) in [5.74, 6) is 1.43. The Kier molecular flexibility index (Phi) is 4.30. The topological polar surface area (TPSA) is 62.5 Å². The van der Waals surface area contributed by atoms with E-state index in [4.69, 9.17) is 9.47 Å². The zero-order valence-corrected chi connectivity index (χ0v) is 17.6. The highest BCUT2D eigenvalue weighted by molar-refractivity contribution is 5.26. The van der Waals surface area contributed by atoms with Gasteiger partial charge < -0.3 is 14.6 Å². The number of nitrogens with zero attached hydrogens (tertiary/aromatic N) is 1. The maximum Gasteiger partial charge on any atom is 0.173 e. The first-order valence-electron chi connectivity index (χ1n) is 11.4. The van der Waals surface area contributed by atoms with Crippen molar-refractivity contribution in [1.82, 2.24) is 0 Å². The number of rotatable bonds is 1. The summed E-state index contributed by atoms with van der Waals surface area (Å²) < 4.78 is 12.6. The molecule has 1 saturated heterocycles. The molecule has 5 rings (SSSR count). The zero-order chi connectivity index (χ0) is 19.7. The molecular weight excluding hydrogens is 350 g/mol. The van der Waals surface area contributed by atoms with Crippen LogP contribution in [0.2, 0.25) is 0 Å². The van der Waals surface area contributed by atoms with Crippen LogP contribution in [-0.2, 0) is 9.47 Å². The Bertz CT molecular complexity index is 720. The summed E-state index contributed by atoms with van der Waals surface area (Å²) >= 11 is 0. The van der Waals surface area contributed by atoms with E-state index in [1.807, 2.05) is 0 Å². The quantitative estimate of drug-likeness (QED) is 0.678. The standard InChI is InChI=1S/C24H35NO3/c1-15(14-25)21-23(3)9-7-19-18(20(23)13-24(21)27-10-11-28-24)5-4-16-12-17(26)6-8-22(16,19)2/h4,15,17-21,26H,5-13H2,1-3H3/t15-,17+,18?,19?,20?,21-,22+,23+/m1/s1. The minimum absolute atomic E-state index is 0.0558. The second kappa shape index (κ2) is 6.30. The summed E-state index contributed by atoms with van der Waals surface area (Å²) in [5.41, 5.74) is 1.86. The van der Waals surface area contributed by atoms with Gasteiger partial charge in [0.25, 0.3) is 0 Å². The van der Waals surface area contributed by atoms with Crippen LogP contribution in [0.1, 0.15) is 65.7 Å². The van der Waals surface area contributed by atoms with E-state index in [0.717, 1.165) is 38.5 Å². The molecule has 154 valence electrons. The minimum atomic E-state index is -0.545. The van der Waals surface area contributed by atoms with Crippen LogP contribution in [-0.4, -0.2) is 30.2 Å². The van der Waals surface area contributed by atoms with Gasteiger partial charge in [0.1, 0.15) is 0 Å². The summed E-state index contributed by atoms with van der Waals surface area (Å²) in [6.07, 6.45) is 9.69. The van der Waals surface area contributed by atoms with Crippen LogP contribution in [0.25, 0.3) is 0 Å². The van der Waals surface area contributed by atoms with Crippen LogP contribution < -0.4 is 0 Å². The van der Waals surface area contributed by atoms with Gasteiger partial charge in [-0.05, 0) is 74.0 Å². The predicted octanol–water partition coefficient (Wildman–Crippen LogP) is 4.44. The number of aliphatic hydroxyl groups is 1. The van der Waals surface area contributed by atoms with Crippen LogP contribution in [0.15, 0.2) is 11.6 Å². The SMILES string of the molecule is C[C@H](C#N)[C@H]1C2(CC3C4CC=C5C[C@@H](O)CC[C@]5(C)C4CC[C@@]31C)OCCO2. The van der Waals surface area contributed by atoms with Crippen LogP contribution in [0.5, 0.6) is 0 Å². The number of aliphatic hydroxyl groups excluding tert-OH is 1. The summed E-state index contributed by atoms with van der Waals surface area (Å²) in [6, 6.07) is 2.55. The maximum atomic E-state index is 10.2. The van der Waals surface area contributed by atoms with E-state index < -0.39 is 5.79 Å². The van der Waals surface area contributed by atoms with E-state index in [1.54, 1.807) is 0 Å². The highest BCUT2D eigenvalue weighted by Crippen LogP contribution is 2.70. The fourth-order valence-electron chi connectivity index (χ4n) is 8.49. The van der Waals surface area contributed by atoms with Crippen LogP contribution in [0.4, 0.5) is 0 Å². The number of ether oxygens (including phenoxy) is 2. The Hall–Kier alpha value is -0.890. The van der Waals surface area contributed by atoms with Gasteiger partial charge in [0.2, 0.25) is 0 Å². The van der Waals surface area contributed by atoms with E-state index in [0.29, 0.717) is 31.0 Å². The van der Waals surface area contributed by atoms with Crippen molar-refractivity contribution in [2.24, 2.45) is 40.4 Å². The molecule has 3 saturated carbocycles. The molecule has 0 radical (unpaired) electrons. The highest BCUT2D eigenvalue weighted by atomic mass is 16.7. The van der Waals surface area contributed by atoms with Gasteiger partial charge in [-0.2, -0.15) is 5.26 Å². The molecule has 8 atom stereocenters. The molecule has 1 heterocycles. The van der Waals surface area contributed by atoms with Gasteiger partial charge in [0.15, 0.2) is 5.79 Å². The molecule has 1 N–H and O–H groups in total. The summed E-state index contributed by atoms with van der Waals surface area (Å²) in [6.45, 7) is 8.28. The molecule has 4 nitrogen and oxygen atoms in total. The van der Waals surface area contributed by atoms with Crippen molar-refractivity contribution in [1.29, 1.82) is 5.26 Å². The Morgan fingerprint density at radius 1 is 1.18 bits per heavy atom. The Morgan fingerprint density at radius 3 is 2.64 bits per heavy atom. The van der Waals surface area contributed by atoms with Crippen molar-refractivity contribution >= 4 is 0 Å². The molecule has 4 heteroatoms. The smallest absolute Gasteiger partial charge is 0.173 e. The van der Waals surface area contributed by atoms with Gasteiger partial charge in [-0.15, -0.1) is 0 Å². The molecular formula is C24H35NO3. The van der Waals surface area contributed by atoms with Gasteiger partial charge in [-0.25, -0.2) is 0 Å². The molecule has 0 aromatic heterocycles. The van der Waals surface area contributed by atoms with Crippen molar-refractivity contribution < 1.29 is 14.6 Å². The van der Waals surface area contributed by atoms with Crippen molar-refractivity contribution in [3.63, 3.8) is 0 Å². The second-order valence-electron chi connectivity index (χ2n) is 10.8. The lowest BCUT2D eigenvalue weighted by Crippen LogP contribution is -2.51. The normalized spacial score (nSPS) is 50.2. The lowest BCUT2D eigenvalue weighted by molar-refractivity contribution is -0.201. The first-order chi connectivity index (χ1) is 13.3. The largest absolute Gasteiger partial charge is 0.393 e. The van der Waals surface area contributed by atoms with Gasteiger partial charge >= 0.3 is 0 Å². The lowest BCUT2D eigenvalue weighted by atomic mass is 9.47. The first kappa shape index (κ1) is 19.1. The summed E-state index contributed by atoms with van der Waals surface area (Å²) in [5, 5.41) is 20.0. The Labute approximate surface area is 169 Å². The number of hydrogen-bond acceptors (Lipinski definition) is 4. The fourth-order valence-corrected chi connectivity index (χ4v) is 8.49. The van der Waals surface area contributed by atoms with Crippen LogP contribution in [0, 0.1) is 51.8 Å². The highest BCUT2D eigenvalue weighted by Gasteiger charge is 2.68. The number of hydrogen-bond donors (Lipinski definition) is 1. The monoisotopic (exact) mass is 385 g/mol. The predicted molar refractivity (Wildman–Crippen MR) is 106 cm³/mol. The molecule has 1 spiro atoms. The van der Waals surface area contributed by atoms with Gasteiger partial charge in [0, 0.05) is 12.3 Å². The maximum absolute atomic E-state index is 10.2. The van der Waals surface area contributed by atoms with E-state index in [9.17, 15) is 10.4 Å².